The van der Waals surface area contributed by atoms with E-state index in [-0.39, 0.29) is 11.5 Å². The molecule has 0 bridgehead atoms. The monoisotopic (exact) mass is 595 g/mol. The third-order valence-electron chi connectivity index (χ3n) is 9.30. The number of hydrogen-bond donors (Lipinski definition) is 0. The van der Waals surface area contributed by atoms with Gasteiger partial charge in [0.1, 0.15) is 0 Å². The largest absolute Gasteiger partial charge is 0.333 e. The van der Waals surface area contributed by atoms with Crippen molar-refractivity contribution in [2.75, 3.05) is 0 Å². The van der Waals surface area contributed by atoms with Crippen molar-refractivity contribution in [2.24, 2.45) is 0 Å². The highest BCUT2D eigenvalue weighted by Gasteiger charge is 2.21. The smallest absolute Gasteiger partial charge is 0.0934 e. The zero-order valence-electron chi connectivity index (χ0n) is 26.6. The predicted molar refractivity (Wildman–Crippen MR) is 194 cm³/mol. The van der Waals surface area contributed by atoms with E-state index < -0.39 is 0 Å². The second-order valence-electron chi connectivity index (χ2n) is 13.3. The van der Waals surface area contributed by atoms with Crippen LogP contribution in [0.2, 0.25) is 0 Å². The van der Waals surface area contributed by atoms with Gasteiger partial charge >= 0.3 is 0 Å². The van der Waals surface area contributed by atoms with Crippen LogP contribution in [-0.2, 0) is 5.41 Å². The summed E-state index contributed by atoms with van der Waals surface area (Å²) in [5, 5.41) is 7.84. The summed E-state index contributed by atoms with van der Waals surface area (Å²) in [6.07, 6.45) is 7.82. The van der Waals surface area contributed by atoms with E-state index in [1.165, 1.54) is 38.5 Å². The second-order valence-corrected chi connectivity index (χ2v) is 13.3. The molecular formula is C43H37N3. The van der Waals surface area contributed by atoms with Crippen molar-refractivity contribution >= 4 is 27.5 Å². The number of fused-ring (bicyclic) bond motifs is 3. The highest BCUT2D eigenvalue weighted by molar-refractivity contribution is 6.08. The Morgan fingerprint density at radius 1 is 0.609 bits per heavy atom. The fraction of sp³-hybridized carbons (Fsp3) is 0.140. The first-order valence-electron chi connectivity index (χ1n) is 16.2. The van der Waals surface area contributed by atoms with Crippen LogP contribution < -0.4 is 0 Å². The van der Waals surface area contributed by atoms with Crippen LogP contribution in [0.25, 0.3) is 61.1 Å². The summed E-state index contributed by atoms with van der Waals surface area (Å²) < 4.78 is 4.62. The van der Waals surface area contributed by atoms with Gasteiger partial charge in [-0.3, -0.25) is 0 Å². The van der Waals surface area contributed by atoms with Crippen molar-refractivity contribution in [3.63, 3.8) is 0 Å². The normalized spacial score (nSPS) is 15.0. The van der Waals surface area contributed by atoms with Crippen molar-refractivity contribution in [2.45, 2.75) is 38.6 Å². The highest BCUT2D eigenvalue weighted by atomic mass is 15.3. The first-order valence-corrected chi connectivity index (χ1v) is 16.2. The van der Waals surface area contributed by atoms with Gasteiger partial charge in [0, 0.05) is 32.9 Å². The molecule has 0 radical (unpaired) electrons. The van der Waals surface area contributed by atoms with Crippen molar-refractivity contribution in [3.05, 3.63) is 157 Å². The summed E-state index contributed by atoms with van der Waals surface area (Å²) in [5.74, 6) is 0. The summed E-state index contributed by atoms with van der Waals surface area (Å²) in [7, 11) is 0. The Hall–Kier alpha value is -5.41. The van der Waals surface area contributed by atoms with Gasteiger partial charge < -0.3 is 4.57 Å². The predicted octanol–water partition coefficient (Wildman–Crippen LogP) is 11.3. The lowest BCUT2D eigenvalue weighted by atomic mass is 9.86. The van der Waals surface area contributed by atoms with Crippen LogP contribution in [0.15, 0.2) is 152 Å². The number of hydrogen-bond acceptors (Lipinski definition) is 1. The molecule has 0 spiro atoms. The Balaban J connectivity index is 1.18. The molecule has 2 heterocycles. The molecule has 3 heteroatoms. The SMILES string of the molecule is CC(C)(C)c1ccc(-c2cc(-c3ccc(-c4ccccc4)cc3)n(C3=CCC(n4c5ccccc5c5ccccc54)C=C3)n2)cc1. The van der Waals surface area contributed by atoms with Gasteiger partial charge in [-0.2, -0.15) is 5.10 Å². The number of allylic oxidation sites excluding steroid dienone is 4. The fourth-order valence-corrected chi connectivity index (χ4v) is 6.79. The van der Waals surface area contributed by atoms with Gasteiger partial charge in [-0.1, -0.05) is 148 Å². The summed E-state index contributed by atoms with van der Waals surface area (Å²) in [6, 6.07) is 48.2. The Labute approximate surface area is 270 Å². The first kappa shape index (κ1) is 28.1. The maximum absolute atomic E-state index is 5.23. The molecule has 1 aliphatic rings. The lowest BCUT2D eigenvalue weighted by molar-refractivity contribution is 0.590. The van der Waals surface area contributed by atoms with Gasteiger partial charge in [0.15, 0.2) is 0 Å². The van der Waals surface area contributed by atoms with Gasteiger partial charge in [0.25, 0.3) is 0 Å². The van der Waals surface area contributed by atoms with E-state index >= 15 is 0 Å². The fourth-order valence-electron chi connectivity index (χ4n) is 6.79. The molecule has 1 aliphatic carbocycles. The molecule has 0 amide bonds. The van der Waals surface area contributed by atoms with Crippen molar-refractivity contribution in [1.82, 2.24) is 14.3 Å². The van der Waals surface area contributed by atoms with Crippen LogP contribution in [-0.4, -0.2) is 14.3 Å². The molecular weight excluding hydrogens is 558 g/mol. The van der Waals surface area contributed by atoms with Crippen molar-refractivity contribution < 1.29 is 0 Å². The summed E-state index contributed by atoms with van der Waals surface area (Å²) in [4.78, 5) is 0. The number of rotatable bonds is 5. The zero-order chi connectivity index (χ0) is 31.3. The summed E-state index contributed by atoms with van der Waals surface area (Å²) in [6.45, 7) is 6.76. The van der Waals surface area contributed by atoms with E-state index in [0.717, 1.165) is 34.6 Å². The molecule has 0 saturated heterocycles. The Kier molecular flexibility index (Phi) is 6.83. The van der Waals surface area contributed by atoms with E-state index in [2.05, 4.69) is 182 Å². The molecule has 3 nitrogen and oxygen atoms in total. The maximum atomic E-state index is 5.23. The van der Waals surface area contributed by atoms with Crippen molar-refractivity contribution in [3.8, 4) is 33.6 Å². The topological polar surface area (TPSA) is 22.8 Å². The minimum absolute atomic E-state index is 0.105. The molecule has 5 aromatic carbocycles. The van der Waals surface area contributed by atoms with E-state index in [9.17, 15) is 0 Å². The van der Waals surface area contributed by atoms with Crippen LogP contribution in [0.5, 0.6) is 0 Å². The van der Waals surface area contributed by atoms with Gasteiger partial charge in [-0.15, -0.1) is 0 Å². The van der Waals surface area contributed by atoms with Crippen LogP contribution >= 0.6 is 0 Å². The molecule has 224 valence electrons. The number of nitrogens with zero attached hydrogens (tertiary/aromatic N) is 3. The van der Waals surface area contributed by atoms with Crippen LogP contribution in [0.1, 0.15) is 38.8 Å². The van der Waals surface area contributed by atoms with Crippen LogP contribution in [0.4, 0.5) is 0 Å². The molecule has 1 atom stereocenters. The molecule has 2 aromatic heterocycles. The maximum Gasteiger partial charge on any atom is 0.0934 e. The molecule has 8 rings (SSSR count). The number of para-hydroxylation sites is 2. The average Bonchev–Trinajstić information content (AvgIpc) is 3.69. The van der Waals surface area contributed by atoms with Crippen LogP contribution in [0, 0.1) is 0 Å². The lowest BCUT2D eigenvalue weighted by Gasteiger charge is -2.21. The standard InChI is InChI=1S/C43H37N3/c1-43(2,3)34-23-21-32(22-24-34)39-29-42(33-19-17-31(18-20-33)30-11-5-4-6-12-30)46(44-39)36-27-25-35(26-28-36)45-40-15-9-7-13-37(40)38-14-8-10-16-41(38)45/h4-25,27-29,35H,26H2,1-3H3. The Morgan fingerprint density at radius 2 is 1.17 bits per heavy atom. The molecule has 0 aliphatic heterocycles. The molecule has 0 fully saturated rings. The quantitative estimate of drug-likeness (QED) is 0.194. The van der Waals surface area contributed by atoms with Crippen LogP contribution in [0.3, 0.4) is 0 Å². The minimum atomic E-state index is 0.105. The third-order valence-corrected chi connectivity index (χ3v) is 9.30. The molecule has 7 aromatic rings. The number of benzene rings is 5. The average molecular weight is 596 g/mol. The minimum Gasteiger partial charge on any atom is -0.333 e. The van der Waals surface area contributed by atoms with Crippen molar-refractivity contribution in [1.29, 1.82) is 0 Å². The summed E-state index contributed by atoms with van der Waals surface area (Å²) in [5.41, 5.74) is 11.8. The molecule has 0 saturated carbocycles. The van der Waals surface area contributed by atoms with Gasteiger partial charge in [-0.05, 0) is 52.8 Å². The molecule has 46 heavy (non-hydrogen) atoms. The lowest BCUT2D eigenvalue weighted by Crippen LogP contribution is -2.10. The van der Waals surface area contributed by atoms with Gasteiger partial charge in [-0.25, -0.2) is 4.68 Å². The zero-order valence-corrected chi connectivity index (χ0v) is 26.6. The molecule has 1 unspecified atom stereocenters. The van der Waals surface area contributed by atoms with E-state index in [1.54, 1.807) is 0 Å². The summed E-state index contributed by atoms with van der Waals surface area (Å²) >= 11 is 0. The molecule has 0 N–H and O–H groups in total. The van der Waals surface area contributed by atoms with Gasteiger partial charge in [0.2, 0.25) is 0 Å². The van der Waals surface area contributed by atoms with Gasteiger partial charge in [0.05, 0.1) is 23.1 Å². The third kappa shape index (κ3) is 4.98. The van der Waals surface area contributed by atoms with E-state index in [4.69, 9.17) is 5.10 Å². The van der Waals surface area contributed by atoms with E-state index in [1.807, 2.05) is 0 Å². The highest BCUT2D eigenvalue weighted by Crippen LogP contribution is 2.37. The van der Waals surface area contributed by atoms with E-state index in [0.29, 0.717) is 0 Å². The first-order chi connectivity index (χ1) is 22.4. The Morgan fingerprint density at radius 3 is 1.78 bits per heavy atom. The second kappa shape index (κ2) is 11.2. The number of aromatic nitrogens is 3. The Bertz CT molecular complexity index is 2180.